The van der Waals surface area contributed by atoms with Gasteiger partial charge in [0.1, 0.15) is 11.8 Å². The molecule has 1 fully saturated rings. The Kier molecular flexibility index (Phi) is 2.33. The highest BCUT2D eigenvalue weighted by molar-refractivity contribution is 5.47. The van der Waals surface area contributed by atoms with Crippen molar-refractivity contribution in [2.45, 2.75) is 19.3 Å². The van der Waals surface area contributed by atoms with E-state index >= 15 is 0 Å². The third-order valence-electron chi connectivity index (χ3n) is 2.75. The molecule has 3 rings (SSSR count). The molecule has 0 spiro atoms. The van der Waals surface area contributed by atoms with E-state index in [9.17, 15) is 0 Å². The maximum Gasteiger partial charge on any atom is 0.276 e. The van der Waals surface area contributed by atoms with E-state index in [2.05, 4.69) is 15.1 Å². The van der Waals surface area contributed by atoms with Gasteiger partial charge in [-0.25, -0.2) is 4.98 Å². The van der Waals surface area contributed by atoms with Crippen LogP contribution in [0.3, 0.4) is 0 Å². The van der Waals surface area contributed by atoms with Crippen LogP contribution in [-0.4, -0.2) is 15.1 Å². The van der Waals surface area contributed by atoms with Crippen molar-refractivity contribution < 1.29 is 4.52 Å². The lowest BCUT2D eigenvalue weighted by molar-refractivity contribution is 0.420. The van der Waals surface area contributed by atoms with Gasteiger partial charge in [-0.1, -0.05) is 5.16 Å². The molecule has 1 saturated carbocycles. The lowest BCUT2D eigenvalue weighted by atomic mass is 10.2. The Labute approximate surface area is 98.1 Å². The predicted molar refractivity (Wildman–Crippen MR) is 58.7 cm³/mol. The monoisotopic (exact) mass is 226 g/mol. The lowest BCUT2D eigenvalue weighted by Crippen LogP contribution is -1.90. The van der Waals surface area contributed by atoms with Gasteiger partial charge in [0.05, 0.1) is 5.56 Å². The van der Waals surface area contributed by atoms with Crippen molar-refractivity contribution in [3.8, 4) is 17.7 Å². The maximum atomic E-state index is 8.67. The van der Waals surface area contributed by atoms with Gasteiger partial charge < -0.3 is 4.52 Å². The Bertz CT molecular complexity index is 563. The van der Waals surface area contributed by atoms with E-state index in [-0.39, 0.29) is 0 Å². The predicted octanol–water partition coefficient (Wildman–Crippen LogP) is 1.96. The highest BCUT2D eigenvalue weighted by Crippen LogP contribution is 2.32. The number of pyridine rings is 1. The molecule has 0 bridgehead atoms. The van der Waals surface area contributed by atoms with E-state index in [1.165, 1.54) is 19.0 Å². The molecule has 1 aliphatic rings. The molecule has 2 heterocycles. The average molecular weight is 226 g/mol. The molecule has 2 aromatic heterocycles. The SMILES string of the molecule is N#Cc1ccc(-c2nc(CC3CC3)no2)nc1. The van der Waals surface area contributed by atoms with Crippen molar-refractivity contribution >= 4 is 0 Å². The summed E-state index contributed by atoms with van der Waals surface area (Å²) in [5.74, 6) is 1.90. The van der Waals surface area contributed by atoms with Gasteiger partial charge in [0, 0.05) is 12.6 Å². The maximum absolute atomic E-state index is 8.67. The molecule has 0 N–H and O–H groups in total. The summed E-state index contributed by atoms with van der Waals surface area (Å²) in [4.78, 5) is 8.40. The Balaban J connectivity index is 1.82. The topological polar surface area (TPSA) is 75.6 Å². The zero-order valence-electron chi connectivity index (χ0n) is 9.13. The lowest BCUT2D eigenvalue weighted by Gasteiger charge is -1.92. The second-order valence-corrected chi connectivity index (χ2v) is 4.21. The van der Waals surface area contributed by atoms with Crippen molar-refractivity contribution in [2.24, 2.45) is 5.92 Å². The minimum atomic E-state index is 0.421. The number of nitriles is 1. The molecule has 0 aromatic carbocycles. The molecule has 5 heteroatoms. The van der Waals surface area contributed by atoms with Gasteiger partial charge in [-0.15, -0.1) is 0 Å². The molecule has 0 saturated heterocycles. The van der Waals surface area contributed by atoms with E-state index in [0.717, 1.165) is 18.2 Å². The normalized spacial score (nSPS) is 14.5. The van der Waals surface area contributed by atoms with E-state index < -0.39 is 0 Å². The van der Waals surface area contributed by atoms with Crippen LogP contribution in [0.25, 0.3) is 11.6 Å². The van der Waals surface area contributed by atoms with E-state index in [1.807, 2.05) is 6.07 Å². The molecule has 5 nitrogen and oxygen atoms in total. The summed E-state index contributed by atoms with van der Waals surface area (Å²) in [6.45, 7) is 0. The number of nitrogens with zero attached hydrogens (tertiary/aromatic N) is 4. The molecule has 0 amide bonds. The van der Waals surface area contributed by atoms with Crippen molar-refractivity contribution in [1.29, 1.82) is 5.26 Å². The van der Waals surface area contributed by atoms with Gasteiger partial charge in [0.15, 0.2) is 5.82 Å². The van der Waals surface area contributed by atoms with Crippen LogP contribution in [0.15, 0.2) is 22.9 Å². The Morgan fingerprint density at radius 2 is 2.29 bits per heavy atom. The van der Waals surface area contributed by atoms with Crippen LogP contribution in [0.1, 0.15) is 24.2 Å². The van der Waals surface area contributed by atoms with Gasteiger partial charge >= 0.3 is 0 Å². The van der Waals surface area contributed by atoms with Crippen molar-refractivity contribution in [2.75, 3.05) is 0 Å². The van der Waals surface area contributed by atoms with Gasteiger partial charge in [-0.2, -0.15) is 10.2 Å². The molecular formula is C12H10N4O. The molecule has 0 unspecified atom stereocenters. The summed E-state index contributed by atoms with van der Waals surface area (Å²) < 4.78 is 5.15. The fourth-order valence-corrected chi connectivity index (χ4v) is 1.61. The quantitative estimate of drug-likeness (QED) is 0.799. The zero-order chi connectivity index (χ0) is 11.7. The van der Waals surface area contributed by atoms with E-state index in [0.29, 0.717) is 17.1 Å². The summed E-state index contributed by atoms with van der Waals surface area (Å²) in [6, 6.07) is 5.42. The Morgan fingerprint density at radius 1 is 1.41 bits per heavy atom. The Morgan fingerprint density at radius 3 is 2.94 bits per heavy atom. The molecule has 0 radical (unpaired) electrons. The molecule has 0 atom stereocenters. The largest absolute Gasteiger partial charge is 0.332 e. The average Bonchev–Trinajstić information content (AvgIpc) is 3.06. The van der Waals surface area contributed by atoms with Crippen molar-refractivity contribution in [3.63, 3.8) is 0 Å². The summed E-state index contributed by atoms with van der Waals surface area (Å²) >= 11 is 0. The molecule has 84 valence electrons. The third-order valence-corrected chi connectivity index (χ3v) is 2.75. The van der Waals surface area contributed by atoms with Crippen molar-refractivity contribution in [1.82, 2.24) is 15.1 Å². The summed E-state index contributed by atoms with van der Waals surface area (Å²) in [7, 11) is 0. The highest BCUT2D eigenvalue weighted by atomic mass is 16.5. The number of aromatic nitrogens is 3. The first-order chi connectivity index (χ1) is 8.35. The molecule has 1 aliphatic carbocycles. The van der Waals surface area contributed by atoms with E-state index in [4.69, 9.17) is 9.78 Å². The molecule has 2 aromatic rings. The first kappa shape index (κ1) is 9.97. The first-order valence-corrected chi connectivity index (χ1v) is 5.54. The van der Waals surface area contributed by atoms with Gasteiger partial charge in [-0.05, 0) is 30.9 Å². The minimum Gasteiger partial charge on any atom is -0.332 e. The highest BCUT2D eigenvalue weighted by Gasteiger charge is 2.24. The summed E-state index contributed by atoms with van der Waals surface area (Å²) in [5.41, 5.74) is 1.13. The number of rotatable bonds is 3. The molecule has 17 heavy (non-hydrogen) atoms. The molecular weight excluding hydrogens is 216 g/mol. The fraction of sp³-hybridized carbons (Fsp3) is 0.333. The van der Waals surface area contributed by atoms with Crippen LogP contribution in [0.2, 0.25) is 0 Å². The van der Waals surface area contributed by atoms with Crippen LogP contribution < -0.4 is 0 Å². The fourth-order valence-electron chi connectivity index (χ4n) is 1.61. The Hall–Kier alpha value is -2.22. The zero-order valence-corrected chi connectivity index (χ0v) is 9.13. The first-order valence-electron chi connectivity index (χ1n) is 5.54. The van der Waals surface area contributed by atoms with E-state index in [1.54, 1.807) is 12.1 Å². The summed E-state index contributed by atoms with van der Waals surface area (Å²) in [5, 5.41) is 12.6. The minimum absolute atomic E-state index is 0.421. The van der Waals surface area contributed by atoms with Crippen LogP contribution in [-0.2, 0) is 6.42 Å². The third kappa shape index (κ3) is 2.16. The van der Waals surface area contributed by atoms with Crippen molar-refractivity contribution in [3.05, 3.63) is 29.7 Å². The number of hydrogen-bond donors (Lipinski definition) is 0. The van der Waals surface area contributed by atoms with Crippen LogP contribution >= 0.6 is 0 Å². The summed E-state index contributed by atoms with van der Waals surface area (Å²) in [6.07, 6.45) is 4.91. The van der Waals surface area contributed by atoms with Gasteiger partial charge in [0.2, 0.25) is 0 Å². The smallest absolute Gasteiger partial charge is 0.276 e. The van der Waals surface area contributed by atoms with Crippen LogP contribution in [0.4, 0.5) is 0 Å². The second kappa shape index (κ2) is 3.98. The van der Waals surface area contributed by atoms with Gasteiger partial charge in [-0.3, -0.25) is 0 Å². The molecule has 0 aliphatic heterocycles. The number of hydrogen-bond acceptors (Lipinski definition) is 5. The van der Waals surface area contributed by atoms with Gasteiger partial charge in [0.25, 0.3) is 5.89 Å². The second-order valence-electron chi connectivity index (χ2n) is 4.21. The van der Waals surface area contributed by atoms with Crippen LogP contribution in [0, 0.1) is 17.2 Å². The van der Waals surface area contributed by atoms with Crippen LogP contribution in [0.5, 0.6) is 0 Å². The standard InChI is InChI=1S/C12H10N4O/c13-6-9-3-4-10(14-7-9)12-15-11(16-17-12)5-8-1-2-8/h3-4,7-8H,1-2,5H2.